The second-order valence-corrected chi connectivity index (χ2v) is 4.23. The number of nitrogens with one attached hydrogen (secondary N) is 1. The molecular formula is C12H10ClN5O. The number of nitrogens with zero attached hydrogens (tertiary/aromatic N) is 3. The van der Waals surface area contributed by atoms with E-state index in [0.717, 1.165) is 0 Å². The van der Waals surface area contributed by atoms with Gasteiger partial charge in [-0.25, -0.2) is 0 Å². The molecule has 0 saturated heterocycles. The standard InChI is InChI=1S/C12H10ClN5O/c13-10-3-8(4-14)1-2-11(10)17-12(19)7-18-6-9(15)5-16-18/h1-3,5-6H,7,15H2,(H,17,19). The number of carbonyl (C=O) groups excluding carboxylic acids is 1. The van der Waals surface area contributed by atoms with Crippen molar-refractivity contribution in [3.05, 3.63) is 41.2 Å². The van der Waals surface area contributed by atoms with Gasteiger partial charge in [-0.2, -0.15) is 10.4 Å². The number of hydrogen-bond acceptors (Lipinski definition) is 4. The van der Waals surface area contributed by atoms with Crippen LogP contribution in [0.1, 0.15) is 5.56 Å². The third kappa shape index (κ3) is 3.24. The normalized spacial score (nSPS) is 9.89. The molecule has 1 aromatic heterocycles. The molecule has 1 heterocycles. The maximum absolute atomic E-state index is 11.8. The fraction of sp³-hybridized carbons (Fsp3) is 0.0833. The van der Waals surface area contributed by atoms with Gasteiger partial charge >= 0.3 is 0 Å². The number of nitriles is 1. The summed E-state index contributed by atoms with van der Waals surface area (Å²) < 4.78 is 1.42. The Morgan fingerprint density at radius 2 is 2.37 bits per heavy atom. The molecular weight excluding hydrogens is 266 g/mol. The monoisotopic (exact) mass is 275 g/mol. The molecule has 0 aliphatic carbocycles. The van der Waals surface area contributed by atoms with Crippen LogP contribution in [0.15, 0.2) is 30.6 Å². The highest BCUT2D eigenvalue weighted by Gasteiger charge is 2.08. The smallest absolute Gasteiger partial charge is 0.246 e. The van der Waals surface area contributed by atoms with Crippen molar-refractivity contribution in [1.29, 1.82) is 5.26 Å². The van der Waals surface area contributed by atoms with Gasteiger partial charge in [-0.3, -0.25) is 9.48 Å². The molecule has 0 bridgehead atoms. The van der Waals surface area contributed by atoms with Gasteiger partial charge in [0, 0.05) is 6.20 Å². The minimum Gasteiger partial charge on any atom is -0.396 e. The predicted octanol–water partition coefficient (Wildman–Crippen LogP) is 1.63. The molecule has 2 aromatic rings. The second-order valence-electron chi connectivity index (χ2n) is 3.83. The third-order valence-electron chi connectivity index (χ3n) is 2.33. The molecule has 3 N–H and O–H groups in total. The Bertz CT molecular complexity index is 658. The Kier molecular flexibility index (Phi) is 3.68. The number of anilines is 2. The Morgan fingerprint density at radius 1 is 1.58 bits per heavy atom. The van der Waals surface area contributed by atoms with Gasteiger partial charge in [-0.15, -0.1) is 0 Å². The Morgan fingerprint density at radius 3 is 2.95 bits per heavy atom. The van der Waals surface area contributed by atoms with Crippen molar-refractivity contribution in [3.63, 3.8) is 0 Å². The summed E-state index contributed by atoms with van der Waals surface area (Å²) in [6.07, 6.45) is 3.02. The van der Waals surface area contributed by atoms with Crippen molar-refractivity contribution in [2.75, 3.05) is 11.1 Å². The summed E-state index contributed by atoms with van der Waals surface area (Å²) in [5, 5.41) is 15.6. The summed E-state index contributed by atoms with van der Waals surface area (Å²) in [6.45, 7) is 0.0352. The number of hydrogen-bond donors (Lipinski definition) is 2. The molecule has 2 rings (SSSR count). The molecule has 0 fully saturated rings. The van der Waals surface area contributed by atoms with Crippen LogP contribution >= 0.6 is 11.6 Å². The highest BCUT2D eigenvalue weighted by molar-refractivity contribution is 6.33. The Hall–Kier alpha value is -2.52. The van der Waals surface area contributed by atoms with Crippen molar-refractivity contribution >= 4 is 28.9 Å². The van der Waals surface area contributed by atoms with E-state index in [9.17, 15) is 4.79 Å². The van der Waals surface area contributed by atoms with Gasteiger partial charge in [0.15, 0.2) is 0 Å². The summed E-state index contributed by atoms with van der Waals surface area (Å²) in [4.78, 5) is 11.8. The van der Waals surface area contributed by atoms with Crippen LogP contribution in [0.3, 0.4) is 0 Å². The average molecular weight is 276 g/mol. The molecule has 0 aliphatic heterocycles. The van der Waals surface area contributed by atoms with E-state index >= 15 is 0 Å². The van der Waals surface area contributed by atoms with E-state index in [1.807, 2.05) is 6.07 Å². The average Bonchev–Trinajstić information content (AvgIpc) is 2.77. The van der Waals surface area contributed by atoms with Crippen molar-refractivity contribution in [3.8, 4) is 6.07 Å². The number of rotatable bonds is 3. The molecule has 0 radical (unpaired) electrons. The van der Waals surface area contributed by atoms with Gasteiger partial charge in [0.05, 0.1) is 34.2 Å². The summed E-state index contributed by atoms with van der Waals surface area (Å²) in [7, 11) is 0. The Labute approximate surface area is 114 Å². The quantitative estimate of drug-likeness (QED) is 0.889. The lowest BCUT2D eigenvalue weighted by molar-refractivity contribution is -0.116. The van der Waals surface area contributed by atoms with E-state index in [4.69, 9.17) is 22.6 Å². The van der Waals surface area contributed by atoms with Crippen LogP contribution in [-0.2, 0) is 11.3 Å². The van der Waals surface area contributed by atoms with E-state index in [2.05, 4.69) is 10.4 Å². The van der Waals surface area contributed by atoms with E-state index < -0.39 is 0 Å². The highest BCUT2D eigenvalue weighted by Crippen LogP contribution is 2.22. The highest BCUT2D eigenvalue weighted by atomic mass is 35.5. The van der Waals surface area contributed by atoms with Crippen molar-refractivity contribution in [2.24, 2.45) is 0 Å². The third-order valence-corrected chi connectivity index (χ3v) is 2.64. The number of halogens is 1. The minimum absolute atomic E-state index is 0.0352. The lowest BCUT2D eigenvalue weighted by Gasteiger charge is -2.07. The first-order valence-electron chi connectivity index (χ1n) is 5.36. The van der Waals surface area contributed by atoms with Crippen LogP contribution in [-0.4, -0.2) is 15.7 Å². The topological polar surface area (TPSA) is 96.7 Å². The molecule has 0 saturated carbocycles. The number of nitrogens with two attached hydrogens (primary N) is 1. The van der Waals surface area contributed by atoms with Gasteiger partial charge in [0.1, 0.15) is 6.54 Å². The summed E-state index contributed by atoms with van der Waals surface area (Å²) in [6, 6.07) is 6.61. The molecule has 19 heavy (non-hydrogen) atoms. The lowest BCUT2D eigenvalue weighted by Crippen LogP contribution is -2.19. The molecule has 1 amide bonds. The predicted molar refractivity (Wildman–Crippen MR) is 71.4 cm³/mol. The van der Waals surface area contributed by atoms with Gasteiger partial charge in [-0.05, 0) is 18.2 Å². The zero-order chi connectivity index (χ0) is 13.8. The van der Waals surface area contributed by atoms with Crippen molar-refractivity contribution in [1.82, 2.24) is 9.78 Å². The molecule has 0 aliphatic rings. The summed E-state index contributed by atoms with van der Waals surface area (Å²) in [5.74, 6) is -0.283. The van der Waals surface area contributed by atoms with Gasteiger partial charge in [0.25, 0.3) is 0 Å². The number of nitrogen functional groups attached to an aromatic ring is 1. The fourth-order valence-electron chi connectivity index (χ4n) is 1.49. The van der Waals surface area contributed by atoms with E-state index in [1.165, 1.54) is 16.9 Å². The largest absolute Gasteiger partial charge is 0.396 e. The second kappa shape index (κ2) is 5.42. The molecule has 7 heteroatoms. The molecule has 1 aromatic carbocycles. The maximum atomic E-state index is 11.8. The summed E-state index contributed by atoms with van der Waals surface area (Å²) in [5.41, 5.74) is 6.87. The van der Waals surface area contributed by atoms with Gasteiger partial charge in [-0.1, -0.05) is 11.6 Å². The first-order valence-corrected chi connectivity index (χ1v) is 5.73. The van der Waals surface area contributed by atoms with Crippen molar-refractivity contribution < 1.29 is 4.79 Å². The molecule has 0 unspecified atom stereocenters. The van der Waals surface area contributed by atoms with Crippen LogP contribution in [0.2, 0.25) is 5.02 Å². The van der Waals surface area contributed by atoms with E-state index in [-0.39, 0.29) is 12.5 Å². The van der Waals surface area contributed by atoms with Gasteiger partial charge < -0.3 is 11.1 Å². The number of benzene rings is 1. The molecule has 0 atom stereocenters. The summed E-state index contributed by atoms with van der Waals surface area (Å²) >= 11 is 5.95. The Balaban J connectivity index is 2.05. The molecule has 96 valence electrons. The van der Waals surface area contributed by atoms with Gasteiger partial charge in [0.2, 0.25) is 5.91 Å². The number of carbonyl (C=O) groups is 1. The van der Waals surface area contributed by atoms with Crippen molar-refractivity contribution in [2.45, 2.75) is 6.54 Å². The first kappa shape index (κ1) is 12.9. The molecule has 6 nitrogen and oxygen atoms in total. The lowest BCUT2D eigenvalue weighted by atomic mass is 10.2. The zero-order valence-corrected chi connectivity index (χ0v) is 10.6. The van der Waals surface area contributed by atoms with Crippen LogP contribution in [0.25, 0.3) is 0 Å². The molecule has 0 spiro atoms. The first-order chi connectivity index (χ1) is 9.08. The van der Waals surface area contributed by atoms with Crippen LogP contribution in [0.5, 0.6) is 0 Å². The minimum atomic E-state index is -0.283. The van der Waals surface area contributed by atoms with E-state index in [1.54, 1.807) is 18.3 Å². The maximum Gasteiger partial charge on any atom is 0.246 e. The number of aromatic nitrogens is 2. The van der Waals surface area contributed by atoms with Crippen LogP contribution in [0, 0.1) is 11.3 Å². The van der Waals surface area contributed by atoms with Crippen LogP contribution < -0.4 is 11.1 Å². The number of amides is 1. The fourth-order valence-corrected chi connectivity index (χ4v) is 1.72. The van der Waals surface area contributed by atoms with Crippen LogP contribution in [0.4, 0.5) is 11.4 Å². The zero-order valence-electron chi connectivity index (χ0n) is 9.80. The van der Waals surface area contributed by atoms with E-state index in [0.29, 0.717) is 22.0 Å². The SMILES string of the molecule is N#Cc1ccc(NC(=O)Cn2cc(N)cn2)c(Cl)c1.